The maximum atomic E-state index is 12.0. The Morgan fingerprint density at radius 2 is 1.89 bits per heavy atom. The number of para-hydroxylation sites is 1. The molecule has 0 bridgehead atoms. The van der Waals surface area contributed by atoms with Crippen LogP contribution in [0.25, 0.3) is 0 Å². The number of carbonyl (C=O) groups excluding carboxylic acids is 1. The molecule has 0 aliphatic rings. The molecular weight excluding hydrogens is 266 g/mol. The summed E-state index contributed by atoms with van der Waals surface area (Å²) >= 11 is 0. The van der Waals surface area contributed by atoms with Crippen LogP contribution < -0.4 is 15.8 Å². The Morgan fingerprint density at radius 3 is 2.42 bits per heavy atom. The quantitative estimate of drug-likeness (QED) is 0.734. The smallest absolute Gasteiger partial charge is 0.242 e. The molecule has 0 aromatic heterocycles. The zero-order valence-corrected chi connectivity index (χ0v) is 12.0. The highest BCUT2D eigenvalue weighted by Crippen LogP contribution is 2.23. The molecule has 0 unspecified atom stereocenters. The Kier molecular flexibility index (Phi) is 4.67. The minimum Gasteiger partial charge on any atom is -0.329 e. The van der Waals surface area contributed by atoms with Crippen molar-refractivity contribution in [1.82, 2.24) is 4.72 Å². The normalized spacial score (nSPS) is 12.2. The van der Waals surface area contributed by atoms with Crippen LogP contribution in [-0.4, -0.2) is 27.9 Å². The molecule has 0 saturated carbocycles. The van der Waals surface area contributed by atoms with Crippen molar-refractivity contribution in [2.75, 3.05) is 18.9 Å². The van der Waals surface area contributed by atoms with E-state index >= 15 is 0 Å². The van der Waals surface area contributed by atoms with Crippen molar-refractivity contribution in [3.05, 3.63) is 24.3 Å². The first kappa shape index (κ1) is 15.6. The second kappa shape index (κ2) is 5.68. The molecule has 1 aromatic rings. The first-order valence-electron chi connectivity index (χ1n) is 5.78. The van der Waals surface area contributed by atoms with Gasteiger partial charge in [0, 0.05) is 6.54 Å². The van der Waals surface area contributed by atoms with Gasteiger partial charge in [-0.3, -0.25) is 4.79 Å². The van der Waals surface area contributed by atoms with E-state index < -0.39 is 15.4 Å². The molecule has 0 aliphatic carbocycles. The molecule has 0 heterocycles. The van der Waals surface area contributed by atoms with Gasteiger partial charge in [0.15, 0.2) is 0 Å². The number of nitrogens with two attached hydrogens (primary N) is 1. The summed E-state index contributed by atoms with van der Waals surface area (Å²) < 4.78 is 25.9. The van der Waals surface area contributed by atoms with Gasteiger partial charge in [0.2, 0.25) is 15.9 Å². The molecule has 0 saturated heterocycles. The molecule has 1 rings (SSSR count). The zero-order chi connectivity index (χ0) is 14.7. The summed E-state index contributed by atoms with van der Waals surface area (Å²) in [6.45, 7) is 3.55. The Bertz CT molecular complexity index is 567. The van der Waals surface area contributed by atoms with Gasteiger partial charge in [-0.25, -0.2) is 13.1 Å². The highest BCUT2D eigenvalue weighted by atomic mass is 32.2. The minimum absolute atomic E-state index is 0.0265. The van der Waals surface area contributed by atoms with Gasteiger partial charge in [-0.15, -0.1) is 0 Å². The molecule has 106 valence electrons. The number of hydrogen-bond donors (Lipinski definition) is 3. The molecule has 7 heteroatoms. The summed E-state index contributed by atoms with van der Waals surface area (Å²) in [6.07, 6.45) is 0. The third kappa shape index (κ3) is 3.52. The Labute approximate surface area is 113 Å². The zero-order valence-electron chi connectivity index (χ0n) is 11.2. The van der Waals surface area contributed by atoms with Crippen molar-refractivity contribution in [1.29, 1.82) is 0 Å². The first-order valence-corrected chi connectivity index (χ1v) is 7.27. The second-order valence-electron chi connectivity index (χ2n) is 4.75. The van der Waals surface area contributed by atoms with Crippen LogP contribution in [0.15, 0.2) is 29.2 Å². The van der Waals surface area contributed by atoms with Crippen LogP contribution >= 0.6 is 0 Å². The molecule has 0 atom stereocenters. The van der Waals surface area contributed by atoms with Gasteiger partial charge in [0.25, 0.3) is 0 Å². The number of sulfonamides is 1. The van der Waals surface area contributed by atoms with Crippen molar-refractivity contribution in [2.24, 2.45) is 11.1 Å². The van der Waals surface area contributed by atoms with E-state index in [1.54, 1.807) is 26.0 Å². The standard InChI is InChI=1S/C12H19N3O3S/c1-12(2,8-13)11(16)15-9-6-4-5-7-10(9)19(17,18)14-3/h4-7,14H,8,13H2,1-3H3,(H,15,16). The number of hydrogen-bond acceptors (Lipinski definition) is 4. The molecule has 0 radical (unpaired) electrons. The maximum Gasteiger partial charge on any atom is 0.242 e. The maximum absolute atomic E-state index is 12.0. The van der Waals surface area contributed by atoms with Crippen molar-refractivity contribution >= 4 is 21.6 Å². The third-order valence-electron chi connectivity index (χ3n) is 2.82. The highest BCUT2D eigenvalue weighted by molar-refractivity contribution is 7.89. The lowest BCUT2D eigenvalue weighted by molar-refractivity contribution is -0.123. The van der Waals surface area contributed by atoms with Gasteiger partial charge in [-0.05, 0) is 33.0 Å². The molecule has 1 amide bonds. The van der Waals surface area contributed by atoms with E-state index in [1.807, 2.05) is 0 Å². The summed E-state index contributed by atoms with van der Waals surface area (Å²) in [6, 6.07) is 6.21. The van der Waals surface area contributed by atoms with E-state index in [-0.39, 0.29) is 23.0 Å². The van der Waals surface area contributed by atoms with Gasteiger partial charge >= 0.3 is 0 Å². The fraction of sp³-hybridized carbons (Fsp3) is 0.417. The van der Waals surface area contributed by atoms with E-state index in [4.69, 9.17) is 5.73 Å². The monoisotopic (exact) mass is 285 g/mol. The van der Waals surface area contributed by atoms with E-state index in [0.29, 0.717) is 0 Å². The fourth-order valence-electron chi connectivity index (χ4n) is 1.30. The van der Waals surface area contributed by atoms with Crippen LogP contribution in [-0.2, 0) is 14.8 Å². The third-order valence-corrected chi connectivity index (χ3v) is 4.29. The second-order valence-corrected chi connectivity index (χ2v) is 6.60. The van der Waals surface area contributed by atoms with Crippen molar-refractivity contribution < 1.29 is 13.2 Å². The molecule has 6 nitrogen and oxygen atoms in total. The predicted octanol–water partition coefficient (Wildman–Crippen LogP) is 0.518. The molecule has 19 heavy (non-hydrogen) atoms. The summed E-state index contributed by atoms with van der Waals surface area (Å²) in [7, 11) is -2.31. The van der Waals surface area contributed by atoms with Crippen molar-refractivity contribution in [2.45, 2.75) is 18.7 Å². The number of amides is 1. The van der Waals surface area contributed by atoms with Crippen LogP contribution in [0.5, 0.6) is 0 Å². The minimum atomic E-state index is -3.62. The number of carbonyl (C=O) groups is 1. The Hall–Kier alpha value is -1.44. The largest absolute Gasteiger partial charge is 0.329 e. The van der Waals surface area contributed by atoms with Crippen LogP contribution in [0.2, 0.25) is 0 Å². The molecule has 0 aliphatic heterocycles. The molecule has 0 spiro atoms. The number of anilines is 1. The van der Waals surface area contributed by atoms with Crippen LogP contribution in [0.1, 0.15) is 13.8 Å². The van der Waals surface area contributed by atoms with Crippen LogP contribution in [0.4, 0.5) is 5.69 Å². The van der Waals surface area contributed by atoms with Gasteiger partial charge in [-0.2, -0.15) is 0 Å². The van der Waals surface area contributed by atoms with Gasteiger partial charge < -0.3 is 11.1 Å². The van der Waals surface area contributed by atoms with E-state index in [9.17, 15) is 13.2 Å². The Balaban J connectivity index is 3.14. The van der Waals surface area contributed by atoms with E-state index in [0.717, 1.165) is 0 Å². The molecule has 4 N–H and O–H groups in total. The summed E-state index contributed by atoms with van der Waals surface area (Å²) in [5.41, 5.74) is 4.99. The summed E-state index contributed by atoms with van der Waals surface area (Å²) in [5, 5.41) is 2.60. The SMILES string of the molecule is CNS(=O)(=O)c1ccccc1NC(=O)C(C)(C)CN. The Morgan fingerprint density at radius 1 is 1.32 bits per heavy atom. The average Bonchev–Trinajstić information content (AvgIpc) is 2.39. The number of rotatable bonds is 5. The van der Waals surface area contributed by atoms with Crippen LogP contribution in [0.3, 0.4) is 0 Å². The summed E-state index contributed by atoms with van der Waals surface area (Å²) in [4.78, 5) is 12.1. The molecular formula is C12H19N3O3S. The van der Waals surface area contributed by atoms with Crippen molar-refractivity contribution in [3.8, 4) is 0 Å². The van der Waals surface area contributed by atoms with Gasteiger partial charge in [0.1, 0.15) is 4.90 Å². The average molecular weight is 285 g/mol. The van der Waals surface area contributed by atoms with Crippen molar-refractivity contribution in [3.63, 3.8) is 0 Å². The highest BCUT2D eigenvalue weighted by Gasteiger charge is 2.27. The number of nitrogens with one attached hydrogen (secondary N) is 2. The van der Waals surface area contributed by atoms with Gasteiger partial charge in [0.05, 0.1) is 11.1 Å². The van der Waals surface area contributed by atoms with Gasteiger partial charge in [-0.1, -0.05) is 12.1 Å². The van der Waals surface area contributed by atoms with E-state index in [1.165, 1.54) is 19.2 Å². The van der Waals surface area contributed by atoms with Crippen LogP contribution in [0, 0.1) is 5.41 Å². The first-order chi connectivity index (χ1) is 8.74. The number of benzene rings is 1. The predicted molar refractivity (Wildman–Crippen MR) is 74.2 cm³/mol. The van der Waals surface area contributed by atoms with E-state index in [2.05, 4.69) is 10.0 Å². The molecule has 1 aromatic carbocycles. The summed E-state index contributed by atoms with van der Waals surface area (Å²) in [5.74, 6) is -0.325. The topological polar surface area (TPSA) is 101 Å². The lowest BCUT2D eigenvalue weighted by Crippen LogP contribution is -2.37. The lowest BCUT2D eigenvalue weighted by Gasteiger charge is -2.22. The lowest BCUT2D eigenvalue weighted by atomic mass is 9.92. The molecule has 0 fully saturated rings. The fourth-order valence-corrected chi connectivity index (χ4v) is 2.18.